The van der Waals surface area contributed by atoms with E-state index in [1.165, 1.54) is 18.4 Å². The molecular weight excluding hydrogens is 382 g/mol. The summed E-state index contributed by atoms with van der Waals surface area (Å²) in [6.45, 7) is 7.69. The van der Waals surface area contributed by atoms with Gasteiger partial charge >= 0.3 is 0 Å². The van der Waals surface area contributed by atoms with E-state index in [1.54, 1.807) is 19.2 Å². The fraction of sp³-hybridized carbons (Fsp3) is 0.545. The van der Waals surface area contributed by atoms with Crippen molar-refractivity contribution in [2.24, 2.45) is 0 Å². The molecule has 2 aromatic rings. The summed E-state index contributed by atoms with van der Waals surface area (Å²) in [5.74, 6) is 0.919. The topological polar surface area (TPSA) is 25.8 Å². The van der Waals surface area contributed by atoms with Crippen molar-refractivity contribution in [2.45, 2.75) is 76.8 Å². The van der Waals surface area contributed by atoms with E-state index in [0.717, 1.165) is 11.4 Å². The van der Waals surface area contributed by atoms with E-state index in [0.29, 0.717) is 34.4 Å². The highest BCUT2D eigenvalue weighted by Gasteiger charge is 2.29. The van der Waals surface area contributed by atoms with Gasteiger partial charge in [-0.2, -0.15) is 0 Å². The fourth-order valence-corrected chi connectivity index (χ4v) is 4.14. The quantitative estimate of drug-likeness (QED) is 0.472. The average molecular weight is 409 g/mol. The van der Waals surface area contributed by atoms with Crippen molar-refractivity contribution in [1.82, 2.24) is 9.97 Å². The van der Waals surface area contributed by atoms with Crippen molar-refractivity contribution in [1.29, 1.82) is 0 Å². The molecule has 0 N–H and O–H groups in total. The summed E-state index contributed by atoms with van der Waals surface area (Å²) in [4.78, 5) is 8.94. The van der Waals surface area contributed by atoms with Crippen molar-refractivity contribution >= 4 is 23.2 Å². The molecule has 0 aliphatic heterocycles. The molecule has 0 saturated heterocycles. The molecular formula is C22H27Cl2FN2. The smallest absolute Gasteiger partial charge is 0.134 e. The highest BCUT2D eigenvalue weighted by molar-refractivity contribution is 6.31. The van der Waals surface area contributed by atoms with Crippen LogP contribution in [-0.2, 0) is 5.67 Å². The lowest BCUT2D eigenvalue weighted by atomic mass is 9.89. The Labute approximate surface area is 171 Å². The highest BCUT2D eigenvalue weighted by atomic mass is 35.5. The second-order valence-electron chi connectivity index (χ2n) is 8.29. The number of rotatable bonds is 7. The molecule has 27 heavy (non-hydrogen) atoms. The lowest BCUT2D eigenvalue weighted by Gasteiger charge is -2.24. The second-order valence-corrected chi connectivity index (χ2v) is 9.11. The van der Waals surface area contributed by atoms with Crippen LogP contribution in [0.25, 0.3) is 0 Å². The Balaban J connectivity index is 1.68. The predicted octanol–water partition coefficient (Wildman–Crippen LogP) is 7.55. The molecule has 2 nitrogen and oxygen atoms in total. The van der Waals surface area contributed by atoms with Crippen LogP contribution in [0.5, 0.6) is 0 Å². The van der Waals surface area contributed by atoms with Crippen molar-refractivity contribution in [2.75, 3.05) is 0 Å². The third-order valence-corrected chi connectivity index (χ3v) is 6.08. The zero-order valence-corrected chi connectivity index (χ0v) is 17.9. The van der Waals surface area contributed by atoms with Gasteiger partial charge in [0.1, 0.15) is 5.67 Å². The minimum Gasteiger partial charge on any atom is -0.259 e. The van der Waals surface area contributed by atoms with Gasteiger partial charge in [0, 0.05) is 18.0 Å². The van der Waals surface area contributed by atoms with Crippen LogP contribution >= 0.6 is 23.2 Å². The van der Waals surface area contributed by atoms with E-state index in [1.807, 2.05) is 33.0 Å². The summed E-state index contributed by atoms with van der Waals surface area (Å²) >= 11 is 12.7. The van der Waals surface area contributed by atoms with Crippen LogP contribution in [0, 0.1) is 0 Å². The summed E-state index contributed by atoms with van der Waals surface area (Å²) in [6, 6.07) is 3.74. The van der Waals surface area contributed by atoms with Crippen LogP contribution in [-0.4, -0.2) is 9.97 Å². The second kappa shape index (κ2) is 8.05. The molecule has 1 fully saturated rings. The zero-order valence-electron chi connectivity index (χ0n) is 16.4. The van der Waals surface area contributed by atoms with Gasteiger partial charge in [-0.25, -0.2) is 4.39 Å². The molecule has 1 aliphatic rings. The summed E-state index contributed by atoms with van der Waals surface area (Å²) in [7, 11) is 0. The molecule has 1 saturated carbocycles. The van der Waals surface area contributed by atoms with Crippen LogP contribution in [0.4, 0.5) is 4.39 Å². The summed E-state index contributed by atoms with van der Waals surface area (Å²) in [6.07, 6.45) is 6.99. The number of halogens is 3. The van der Waals surface area contributed by atoms with Gasteiger partial charge in [-0.3, -0.25) is 9.97 Å². The Bertz CT molecular complexity index is 816. The van der Waals surface area contributed by atoms with Crippen LogP contribution in [0.1, 0.15) is 93.6 Å². The van der Waals surface area contributed by atoms with Gasteiger partial charge in [0.05, 0.1) is 21.4 Å². The first-order valence-corrected chi connectivity index (χ1v) is 10.4. The van der Waals surface area contributed by atoms with Crippen LogP contribution < -0.4 is 0 Å². The molecule has 3 rings (SSSR count). The molecule has 0 bridgehead atoms. The van der Waals surface area contributed by atoms with E-state index in [4.69, 9.17) is 23.2 Å². The zero-order chi connectivity index (χ0) is 19.8. The summed E-state index contributed by atoms with van der Waals surface area (Å²) < 4.78 is 15.3. The van der Waals surface area contributed by atoms with Crippen LogP contribution in [0.3, 0.4) is 0 Å². The van der Waals surface area contributed by atoms with E-state index < -0.39 is 5.67 Å². The Morgan fingerprint density at radius 2 is 1.70 bits per heavy atom. The normalized spacial score (nSPS) is 17.8. The van der Waals surface area contributed by atoms with Gasteiger partial charge in [-0.1, -0.05) is 44.0 Å². The maximum atomic E-state index is 15.3. The van der Waals surface area contributed by atoms with Gasteiger partial charge < -0.3 is 0 Å². The molecule has 2 atom stereocenters. The molecule has 146 valence electrons. The van der Waals surface area contributed by atoms with E-state index in [9.17, 15) is 0 Å². The molecule has 5 heteroatoms. The Hall–Kier alpha value is -1.19. The minimum atomic E-state index is -1.50. The van der Waals surface area contributed by atoms with Crippen LogP contribution in [0.2, 0.25) is 10.0 Å². The molecule has 0 radical (unpaired) electrons. The number of hydrogen-bond donors (Lipinski definition) is 0. The molecule has 0 amide bonds. The van der Waals surface area contributed by atoms with E-state index >= 15 is 4.39 Å². The van der Waals surface area contributed by atoms with Crippen molar-refractivity contribution in [3.05, 3.63) is 57.1 Å². The van der Waals surface area contributed by atoms with Crippen molar-refractivity contribution < 1.29 is 4.39 Å². The Morgan fingerprint density at radius 1 is 1.07 bits per heavy atom. The molecule has 0 spiro atoms. The number of hydrogen-bond acceptors (Lipinski definition) is 2. The third-order valence-electron chi connectivity index (χ3n) is 5.47. The Kier molecular flexibility index (Phi) is 6.12. The Morgan fingerprint density at radius 3 is 2.26 bits per heavy atom. The molecule has 2 aromatic heterocycles. The van der Waals surface area contributed by atoms with Gasteiger partial charge in [0.25, 0.3) is 0 Å². The SMILES string of the molecule is CC(C)c1ncc(C(C)(F)CCC(C)c2ncc(C3CC3)cc2Cl)cc1Cl. The van der Waals surface area contributed by atoms with Gasteiger partial charge in [0.2, 0.25) is 0 Å². The standard InChI is InChI=1S/C22H27Cl2FN2/c1-13(2)20-19(24)10-17(12-27-20)22(4,25)8-7-14(3)21-18(23)9-16(11-26-21)15-5-6-15/h9-15H,5-8H2,1-4H3. The first-order valence-electron chi connectivity index (χ1n) is 9.69. The minimum absolute atomic E-state index is 0.0826. The molecule has 2 heterocycles. The monoisotopic (exact) mass is 408 g/mol. The molecule has 1 aliphatic carbocycles. The number of aromatic nitrogens is 2. The van der Waals surface area contributed by atoms with E-state index in [-0.39, 0.29) is 11.8 Å². The van der Waals surface area contributed by atoms with E-state index in [2.05, 4.69) is 9.97 Å². The summed E-state index contributed by atoms with van der Waals surface area (Å²) in [5, 5.41) is 1.22. The maximum Gasteiger partial charge on any atom is 0.134 e. The largest absolute Gasteiger partial charge is 0.259 e. The van der Waals surface area contributed by atoms with Crippen molar-refractivity contribution in [3.8, 4) is 0 Å². The van der Waals surface area contributed by atoms with Crippen molar-refractivity contribution in [3.63, 3.8) is 0 Å². The number of nitrogens with zero attached hydrogens (tertiary/aromatic N) is 2. The number of pyridine rings is 2. The third kappa shape index (κ3) is 4.81. The first kappa shape index (κ1) is 20.5. The first-order chi connectivity index (χ1) is 12.7. The van der Waals surface area contributed by atoms with Crippen LogP contribution in [0.15, 0.2) is 24.5 Å². The molecule has 2 unspecified atom stereocenters. The van der Waals surface area contributed by atoms with Gasteiger partial charge in [-0.05, 0) is 68.1 Å². The predicted molar refractivity (Wildman–Crippen MR) is 111 cm³/mol. The van der Waals surface area contributed by atoms with Gasteiger partial charge in [-0.15, -0.1) is 0 Å². The lowest BCUT2D eigenvalue weighted by Crippen LogP contribution is -2.17. The number of alkyl halides is 1. The average Bonchev–Trinajstić information content (AvgIpc) is 3.44. The summed E-state index contributed by atoms with van der Waals surface area (Å²) in [5.41, 5.74) is 1.89. The van der Waals surface area contributed by atoms with Gasteiger partial charge in [0.15, 0.2) is 0 Å². The lowest BCUT2D eigenvalue weighted by molar-refractivity contribution is 0.168. The highest BCUT2D eigenvalue weighted by Crippen LogP contribution is 2.42. The maximum absolute atomic E-state index is 15.3. The molecule has 0 aromatic carbocycles. The fourth-order valence-electron chi connectivity index (χ4n) is 3.39.